The Kier molecular flexibility index (Phi) is 7.84. The van der Waals surface area contributed by atoms with Gasteiger partial charge in [-0.15, -0.1) is 0 Å². The number of likely N-dealkylation sites (tertiary alicyclic amines) is 1. The van der Waals surface area contributed by atoms with Crippen molar-refractivity contribution >= 4 is 28.3 Å². The molecule has 4 aromatic rings. The van der Waals surface area contributed by atoms with Crippen LogP contribution < -0.4 is 20.5 Å². The number of benzene rings is 3. The van der Waals surface area contributed by atoms with Gasteiger partial charge < -0.3 is 25.4 Å². The minimum Gasteiger partial charge on any atom is -0.493 e. The minimum absolute atomic E-state index is 0.199. The number of carbonyl (C=O) groups excluding carboxylic acids is 1. The molecular formula is C31H34FN5O3. The van der Waals surface area contributed by atoms with Gasteiger partial charge in [-0.05, 0) is 75.1 Å². The smallest absolute Gasteiger partial charge is 0.232 e. The summed E-state index contributed by atoms with van der Waals surface area (Å²) in [6.45, 7) is 4.44. The molecule has 1 unspecified atom stereocenters. The number of nitrogens with zero attached hydrogens (tertiary/aromatic N) is 3. The van der Waals surface area contributed by atoms with Crippen molar-refractivity contribution in [3.8, 4) is 11.5 Å². The Hall–Kier alpha value is -4.24. The van der Waals surface area contributed by atoms with Crippen LogP contribution in [-0.2, 0) is 10.2 Å². The summed E-state index contributed by atoms with van der Waals surface area (Å²) in [4.78, 5) is 23.6. The van der Waals surface area contributed by atoms with E-state index < -0.39 is 17.1 Å². The van der Waals surface area contributed by atoms with E-state index in [1.165, 1.54) is 12.4 Å². The number of hydrogen-bond acceptors (Lipinski definition) is 7. The first-order valence-electron chi connectivity index (χ1n) is 13.4. The van der Waals surface area contributed by atoms with E-state index in [0.29, 0.717) is 51.9 Å². The third-order valence-electron chi connectivity index (χ3n) is 7.88. The lowest BCUT2D eigenvalue weighted by Gasteiger charge is -2.28. The molecule has 2 heterocycles. The highest BCUT2D eigenvalue weighted by Crippen LogP contribution is 2.37. The Balaban J connectivity index is 1.41. The quantitative estimate of drug-likeness (QED) is 0.305. The number of aromatic nitrogens is 2. The van der Waals surface area contributed by atoms with Gasteiger partial charge in [-0.3, -0.25) is 4.79 Å². The third-order valence-corrected chi connectivity index (χ3v) is 7.88. The standard InChI is InChI=1S/C31H34FN5O3/c1-31(30(33)38,21-7-5-4-6-8-21)22-9-10-25(24(32)15-22)36-29-23-16-27(39-3)28(17-26(23)34-19-35-29)40-18-20-11-13-37(2)14-12-20/h4-10,15-17,19-20H,11-14,18H2,1-3H3,(H2,33,38)(H,34,35,36). The van der Waals surface area contributed by atoms with Crippen LogP contribution in [0.1, 0.15) is 30.9 Å². The number of ether oxygens (including phenoxy) is 2. The summed E-state index contributed by atoms with van der Waals surface area (Å²) >= 11 is 0. The molecule has 0 radical (unpaired) electrons. The lowest BCUT2D eigenvalue weighted by Crippen LogP contribution is -2.39. The molecule has 0 bridgehead atoms. The van der Waals surface area contributed by atoms with Crippen molar-refractivity contribution in [1.29, 1.82) is 0 Å². The molecule has 1 saturated heterocycles. The first kappa shape index (κ1) is 27.3. The Morgan fingerprint density at radius 1 is 1.07 bits per heavy atom. The molecule has 40 heavy (non-hydrogen) atoms. The van der Waals surface area contributed by atoms with Crippen LogP contribution in [0, 0.1) is 11.7 Å². The van der Waals surface area contributed by atoms with Crippen LogP contribution >= 0.6 is 0 Å². The molecule has 0 aliphatic carbocycles. The van der Waals surface area contributed by atoms with Crippen molar-refractivity contribution in [2.45, 2.75) is 25.2 Å². The molecule has 8 nitrogen and oxygen atoms in total. The molecule has 0 spiro atoms. The highest BCUT2D eigenvalue weighted by Gasteiger charge is 2.35. The maximum Gasteiger partial charge on any atom is 0.232 e. The largest absolute Gasteiger partial charge is 0.493 e. The van der Waals surface area contributed by atoms with Crippen molar-refractivity contribution < 1.29 is 18.7 Å². The number of piperidine rings is 1. The number of hydrogen-bond donors (Lipinski definition) is 2. The number of primary amides is 1. The normalized spacial score (nSPS) is 15.9. The SMILES string of the molecule is COc1cc2c(Nc3ccc(C(C)(C(N)=O)c4ccccc4)cc3F)ncnc2cc1OCC1CCN(C)CC1. The molecule has 5 rings (SSSR count). The third kappa shape index (κ3) is 5.42. The van der Waals surface area contributed by atoms with Gasteiger partial charge in [0.15, 0.2) is 11.5 Å². The molecule has 1 aliphatic heterocycles. The lowest BCUT2D eigenvalue weighted by atomic mass is 9.75. The van der Waals surface area contributed by atoms with Gasteiger partial charge in [0.2, 0.25) is 5.91 Å². The van der Waals surface area contributed by atoms with E-state index in [-0.39, 0.29) is 5.69 Å². The van der Waals surface area contributed by atoms with Gasteiger partial charge in [0.25, 0.3) is 0 Å². The fraction of sp³-hybridized carbons (Fsp3) is 0.323. The van der Waals surface area contributed by atoms with Crippen molar-refractivity contribution in [3.63, 3.8) is 0 Å². The van der Waals surface area contributed by atoms with Crippen LogP contribution in [0.4, 0.5) is 15.9 Å². The first-order chi connectivity index (χ1) is 19.3. The van der Waals surface area contributed by atoms with E-state index in [4.69, 9.17) is 15.2 Å². The van der Waals surface area contributed by atoms with Gasteiger partial charge in [-0.1, -0.05) is 36.4 Å². The number of anilines is 2. The van der Waals surface area contributed by atoms with E-state index in [1.54, 1.807) is 44.4 Å². The van der Waals surface area contributed by atoms with E-state index in [1.807, 2.05) is 24.3 Å². The molecule has 1 atom stereocenters. The molecule has 208 valence electrons. The molecule has 3 N–H and O–H groups in total. The Morgan fingerprint density at radius 3 is 2.50 bits per heavy atom. The zero-order valence-corrected chi connectivity index (χ0v) is 23.0. The Bertz CT molecular complexity index is 1510. The highest BCUT2D eigenvalue weighted by molar-refractivity contribution is 5.93. The molecular weight excluding hydrogens is 509 g/mol. The van der Waals surface area contributed by atoms with Crippen LogP contribution in [0.3, 0.4) is 0 Å². The van der Waals surface area contributed by atoms with Crippen LogP contribution in [0.2, 0.25) is 0 Å². The van der Waals surface area contributed by atoms with Crippen LogP contribution in [0.5, 0.6) is 11.5 Å². The average Bonchev–Trinajstić information content (AvgIpc) is 2.97. The fourth-order valence-electron chi connectivity index (χ4n) is 5.15. The predicted molar refractivity (Wildman–Crippen MR) is 154 cm³/mol. The van der Waals surface area contributed by atoms with Crippen LogP contribution in [0.15, 0.2) is 67.0 Å². The monoisotopic (exact) mass is 543 g/mol. The number of amides is 1. The topological polar surface area (TPSA) is 103 Å². The van der Waals surface area contributed by atoms with Gasteiger partial charge in [0, 0.05) is 11.5 Å². The van der Waals surface area contributed by atoms with Gasteiger partial charge in [0.05, 0.1) is 30.3 Å². The summed E-state index contributed by atoms with van der Waals surface area (Å²) in [5.41, 5.74) is 6.58. The molecule has 1 aromatic heterocycles. The fourth-order valence-corrected chi connectivity index (χ4v) is 5.15. The average molecular weight is 544 g/mol. The van der Waals surface area contributed by atoms with Crippen molar-refractivity contribution in [3.05, 3.63) is 83.9 Å². The van der Waals surface area contributed by atoms with Crippen molar-refractivity contribution in [2.24, 2.45) is 11.7 Å². The summed E-state index contributed by atoms with van der Waals surface area (Å²) in [6, 6.07) is 17.3. The molecule has 1 aliphatic rings. The molecule has 3 aromatic carbocycles. The Morgan fingerprint density at radius 2 is 1.82 bits per heavy atom. The summed E-state index contributed by atoms with van der Waals surface area (Å²) in [6.07, 6.45) is 3.61. The number of nitrogens with one attached hydrogen (secondary N) is 1. The number of methoxy groups -OCH3 is 1. The summed E-state index contributed by atoms with van der Waals surface area (Å²) < 4.78 is 27.2. The lowest BCUT2D eigenvalue weighted by molar-refractivity contribution is -0.121. The first-order valence-corrected chi connectivity index (χ1v) is 13.4. The van der Waals surface area contributed by atoms with E-state index in [2.05, 4.69) is 27.2 Å². The second-order valence-corrected chi connectivity index (χ2v) is 10.5. The second-order valence-electron chi connectivity index (χ2n) is 10.5. The molecule has 0 saturated carbocycles. The summed E-state index contributed by atoms with van der Waals surface area (Å²) in [7, 11) is 3.72. The number of nitrogens with two attached hydrogens (primary N) is 1. The van der Waals surface area contributed by atoms with Crippen LogP contribution in [-0.4, -0.2) is 54.6 Å². The minimum atomic E-state index is -1.19. The summed E-state index contributed by atoms with van der Waals surface area (Å²) in [5, 5.41) is 3.73. The Labute approximate surface area is 233 Å². The zero-order chi connectivity index (χ0) is 28.3. The maximum atomic E-state index is 15.5. The van der Waals surface area contributed by atoms with E-state index >= 15 is 4.39 Å². The molecule has 1 fully saturated rings. The predicted octanol–water partition coefficient (Wildman–Crippen LogP) is 5.03. The van der Waals surface area contributed by atoms with E-state index in [9.17, 15) is 4.79 Å². The van der Waals surface area contributed by atoms with Gasteiger partial charge >= 0.3 is 0 Å². The van der Waals surface area contributed by atoms with Gasteiger partial charge in [0.1, 0.15) is 18.0 Å². The number of carbonyl (C=O) groups is 1. The maximum absolute atomic E-state index is 15.5. The highest BCUT2D eigenvalue weighted by atomic mass is 19.1. The second kappa shape index (κ2) is 11.5. The van der Waals surface area contributed by atoms with Crippen molar-refractivity contribution in [2.75, 3.05) is 39.2 Å². The van der Waals surface area contributed by atoms with Crippen molar-refractivity contribution in [1.82, 2.24) is 14.9 Å². The molecule has 9 heteroatoms. The number of rotatable bonds is 9. The van der Waals surface area contributed by atoms with Crippen LogP contribution in [0.25, 0.3) is 10.9 Å². The summed E-state index contributed by atoms with van der Waals surface area (Å²) in [5.74, 6) is 0.954. The zero-order valence-electron chi connectivity index (χ0n) is 23.0. The number of halogens is 1. The van der Waals surface area contributed by atoms with Gasteiger partial charge in [-0.25, -0.2) is 14.4 Å². The van der Waals surface area contributed by atoms with Gasteiger partial charge in [-0.2, -0.15) is 0 Å². The number of fused-ring (bicyclic) bond motifs is 1. The molecule has 1 amide bonds. The van der Waals surface area contributed by atoms with E-state index in [0.717, 1.165) is 25.9 Å².